The van der Waals surface area contributed by atoms with Crippen molar-refractivity contribution in [2.45, 2.75) is 18.9 Å². The highest BCUT2D eigenvalue weighted by Crippen LogP contribution is 2.05. The van der Waals surface area contributed by atoms with E-state index in [1.165, 1.54) is 4.90 Å². The van der Waals surface area contributed by atoms with Crippen LogP contribution >= 0.6 is 0 Å². The van der Waals surface area contributed by atoms with Crippen LogP contribution in [0.3, 0.4) is 0 Å². The van der Waals surface area contributed by atoms with E-state index < -0.39 is 12.0 Å². The van der Waals surface area contributed by atoms with Crippen molar-refractivity contribution in [3.8, 4) is 0 Å². The van der Waals surface area contributed by atoms with Gasteiger partial charge in [0.1, 0.15) is 19.1 Å². The Hall–Kier alpha value is -1.96. The van der Waals surface area contributed by atoms with Crippen molar-refractivity contribution in [1.29, 1.82) is 0 Å². The molecule has 0 unspecified atom stereocenters. The number of carbonyl (C=O) groups is 2. The molecule has 1 aliphatic rings. The van der Waals surface area contributed by atoms with Gasteiger partial charge in [0.25, 0.3) is 0 Å². The number of amides is 1. The van der Waals surface area contributed by atoms with E-state index in [0.29, 0.717) is 12.2 Å². The minimum absolute atomic E-state index is 0.0956. The molecule has 1 saturated heterocycles. The number of hydrogen-bond acceptors (Lipinski definition) is 4. The fraction of sp³-hybridized carbons (Fsp3) is 0.529. The summed E-state index contributed by atoms with van der Waals surface area (Å²) in [5, 5.41) is 15.6. The van der Waals surface area contributed by atoms with Gasteiger partial charge in [0.15, 0.2) is 0 Å². The molecule has 7 nitrogen and oxygen atoms in total. The van der Waals surface area contributed by atoms with Crippen molar-refractivity contribution in [3.05, 3.63) is 30.3 Å². The van der Waals surface area contributed by atoms with Gasteiger partial charge >= 0.3 is 0 Å². The highest BCUT2D eigenvalue weighted by molar-refractivity contribution is 5.93. The summed E-state index contributed by atoms with van der Waals surface area (Å²) in [6.45, 7) is 5.25. The molecule has 0 radical (unpaired) electrons. The number of para-hydroxylation sites is 1. The zero-order valence-corrected chi connectivity index (χ0v) is 13.8. The number of hydrogen-bond donors (Lipinski definition) is 3. The molecule has 0 spiro atoms. The number of anilines is 1. The van der Waals surface area contributed by atoms with Gasteiger partial charge < -0.3 is 30.2 Å². The fourth-order valence-corrected chi connectivity index (χ4v) is 2.78. The predicted octanol–water partition coefficient (Wildman–Crippen LogP) is -3.00. The van der Waals surface area contributed by atoms with E-state index in [-0.39, 0.29) is 12.3 Å². The zero-order chi connectivity index (χ0) is 17.2. The molecule has 24 heavy (non-hydrogen) atoms. The first-order valence-corrected chi connectivity index (χ1v) is 8.45. The Morgan fingerprint density at radius 3 is 2.62 bits per heavy atom. The number of aliphatic carboxylic acids is 1. The number of benzene rings is 1. The summed E-state index contributed by atoms with van der Waals surface area (Å²) in [6.07, 6.45) is 0.807. The third kappa shape index (κ3) is 6.66. The lowest BCUT2D eigenvalue weighted by atomic mass is 10.2. The van der Waals surface area contributed by atoms with E-state index in [1.54, 1.807) is 17.4 Å². The van der Waals surface area contributed by atoms with E-state index >= 15 is 0 Å². The molecule has 0 saturated carbocycles. The third-order valence-corrected chi connectivity index (χ3v) is 4.15. The van der Waals surface area contributed by atoms with Crippen molar-refractivity contribution in [2.75, 3.05) is 44.7 Å². The Morgan fingerprint density at radius 1 is 1.25 bits per heavy atom. The van der Waals surface area contributed by atoms with Crippen LogP contribution in [0.25, 0.3) is 0 Å². The number of carboxylic acids is 1. The molecule has 1 aromatic rings. The number of carbonyl (C=O) groups excluding carboxylic acids is 2. The Bertz CT molecular complexity index is 518. The van der Waals surface area contributed by atoms with Crippen LogP contribution in [-0.4, -0.2) is 57.3 Å². The Morgan fingerprint density at radius 2 is 1.96 bits per heavy atom. The standard InChI is InChI=1S/C17H25N3O4/c21-16(19-14-5-2-1-3-6-14)13-15(17(22)23)18-7-4-8-20-9-11-24-12-10-20/h1-3,5-6,15,18H,4,7-13H2,(H,19,21)(H,22,23)/p+1/t15-/m1/s1. The maximum Gasteiger partial charge on any atom is 0.230 e. The molecule has 0 aliphatic carbocycles. The lowest BCUT2D eigenvalue weighted by Crippen LogP contribution is -3.14. The molecule has 0 aromatic heterocycles. The van der Waals surface area contributed by atoms with Crippen molar-refractivity contribution < 1.29 is 29.6 Å². The first-order valence-electron chi connectivity index (χ1n) is 8.45. The maximum atomic E-state index is 12.0. The van der Waals surface area contributed by atoms with Gasteiger partial charge in [-0.2, -0.15) is 0 Å². The average Bonchev–Trinajstić information content (AvgIpc) is 2.59. The van der Waals surface area contributed by atoms with Crippen LogP contribution in [0.15, 0.2) is 30.3 Å². The molecule has 132 valence electrons. The lowest BCUT2D eigenvalue weighted by molar-refractivity contribution is -0.909. The number of nitrogens with two attached hydrogens (primary N) is 1. The van der Waals surface area contributed by atoms with Crippen LogP contribution in [0.2, 0.25) is 0 Å². The summed E-state index contributed by atoms with van der Waals surface area (Å²) in [4.78, 5) is 24.7. The Balaban J connectivity index is 1.69. The van der Waals surface area contributed by atoms with E-state index in [0.717, 1.165) is 39.3 Å². The van der Waals surface area contributed by atoms with Gasteiger partial charge in [-0.15, -0.1) is 0 Å². The minimum atomic E-state index is -1.20. The molecule has 4 N–H and O–H groups in total. The summed E-state index contributed by atoms with van der Waals surface area (Å²) in [5.41, 5.74) is 0.663. The molecule has 7 heteroatoms. The predicted molar refractivity (Wildman–Crippen MR) is 86.3 cm³/mol. The quantitative estimate of drug-likeness (QED) is 0.419. The highest BCUT2D eigenvalue weighted by atomic mass is 16.5. The summed E-state index contributed by atoms with van der Waals surface area (Å²) in [7, 11) is 0. The molecule has 1 aliphatic heterocycles. The fourth-order valence-electron chi connectivity index (χ4n) is 2.78. The molecule has 0 bridgehead atoms. The normalized spacial score (nSPS) is 16.5. The van der Waals surface area contributed by atoms with Crippen molar-refractivity contribution >= 4 is 17.6 Å². The van der Waals surface area contributed by atoms with Gasteiger partial charge in [0, 0.05) is 12.1 Å². The van der Waals surface area contributed by atoms with E-state index in [4.69, 9.17) is 4.74 Å². The van der Waals surface area contributed by atoms with E-state index in [9.17, 15) is 14.7 Å². The number of ether oxygens (including phenoxy) is 1. The van der Waals surface area contributed by atoms with Gasteiger partial charge in [-0.05, 0) is 12.1 Å². The number of carboxylic acid groups (broad SMARTS) is 1. The number of nitrogens with one attached hydrogen (secondary N) is 2. The number of morpholine rings is 1. The average molecular weight is 336 g/mol. The van der Waals surface area contributed by atoms with Gasteiger partial charge in [-0.25, -0.2) is 0 Å². The molecule has 2 rings (SSSR count). The first-order chi connectivity index (χ1) is 11.6. The summed E-state index contributed by atoms with van der Waals surface area (Å²) < 4.78 is 5.31. The molecule has 1 heterocycles. The second kappa shape index (κ2) is 10.0. The highest BCUT2D eigenvalue weighted by Gasteiger charge is 2.19. The van der Waals surface area contributed by atoms with Crippen molar-refractivity contribution in [1.82, 2.24) is 0 Å². The molecular weight excluding hydrogens is 310 g/mol. The number of rotatable bonds is 9. The van der Waals surface area contributed by atoms with Crippen LogP contribution in [0, 0.1) is 0 Å². The van der Waals surface area contributed by atoms with Gasteiger partial charge in [-0.1, -0.05) is 18.2 Å². The molecule has 1 aromatic carbocycles. The first kappa shape index (κ1) is 18.4. The van der Waals surface area contributed by atoms with Crippen molar-refractivity contribution in [2.24, 2.45) is 0 Å². The maximum absolute atomic E-state index is 12.0. The van der Waals surface area contributed by atoms with Crippen LogP contribution in [-0.2, 0) is 14.3 Å². The van der Waals surface area contributed by atoms with Gasteiger partial charge in [0.2, 0.25) is 5.91 Å². The van der Waals surface area contributed by atoms with Gasteiger partial charge in [-0.3, -0.25) is 4.79 Å². The van der Waals surface area contributed by atoms with Gasteiger partial charge in [0.05, 0.1) is 38.7 Å². The smallest absolute Gasteiger partial charge is 0.230 e. The molecule has 1 fully saturated rings. The summed E-state index contributed by atoms with van der Waals surface area (Å²) in [5.74, 6) is -1.51. The van der Waals surface area contributed by atoms with Crippen LogP contribution < -0.4 is 20.6 Å². The topological polar surface area (TPSA) is 99.5 Å². The zero-order valence-electron chi connectivity index (χ0n) is 13.8. The van der Waals surface area contributed by atoms with Crippen LogP contribution in [0.4, 0.5) is 5.69 Å². The summed E-state index contributed by atoms with van der Waals surface area (Å²) >= 11 is 0. The molecule has 1 atom stereocenters. The lowest BCUT2D eigenvalue weighted by Gasteiger charge is -2.23. The van der Waals surface area contributed by atoms with E-state index in [1.807, 2.05) is 18.2 Å². The summed E-state index contributed by atoms with van der Waals surface area (Å²) in [6, 6.07) is 8.15. The molecule has 1 amide bonds. The largest absolute Gasteiger partial charge is 0.544 e. The molecular formula is C17H26N3O4+. The SMILES string of the molecule is O=C(C[C@@H]([NH2+]CCC[NH+]1CCOCC1)C(=O)[O-])Nc1ccccc1. The Labute approximate surface area is 142 Å². The van der Waals surface area contributed by atoms with Crippen molar-refractivity contribution in [3.63, 3.8) is 0 Å². The van der Waals surface area contributed by atoms with E-state index in [2.05, 4.69) is 5.32 Å². The number of quaternary nitrogens is 2. The Kier molecular flexibility index (Phi) is 7.67. The van der Waals surface area contributed by atoms with Crippen LogP contribution in [0.1, 0.15) is 12.8 Å². The minimum Gasteiger partial charge on any atom is -0.544 e. The third-order valence-electron chi connectivity index (χ3n) is 4.15. The monoisotopic (exact) mass is 336 g/mol. The van der Waals surface area contributed by atoms with Crippen LogP contribution in [0.5, 0.6) is 0 Å². The second-order valence-electron chi connectivity index (χ2n) is 6.03. The second-order valence-corrected chi connectivity index (χ2v) is 6.03.